The molecule has 0 spiro atoms. The normalized spacial score (nSPS) is 18.7. The highest BCUT2D eigenvalue weighted by Crippen LogP contribution is 2.44. The zero-order valence-corrected chi connectivity index (χ0v) is 19.2. The van der Waals surface area contributed by atoms with Crippen LogP contribution in [0.15, 0.2) is 48.5 Å². The number of nitrogens with zero attached hydrogens (tertiary/aromatic N) is 1. The van der Waals surface area contributed by atoms with Crippen LogP contribution in [0.4, 0.5) is 4.79 Å². The van der Waals surface area contributed by atoms with E-state index in [9.17, 15) is 19.5 Å². The van der Waals surface area contributed by atoms with Crippen LogP contribution in [0.5, 0.6) is 0 Å². The van der Waals surface area contributed by atoms with Crippen LogP contribution in [-0.2, 0) is 19.1 Å². The number of ether oxygens (including phenoxy) is 2. The van der Waals surface area contributed by atoms with Crippen LogP contribution in [0.1, 0.15) is 36.8 Å². The first-order chi connectivity index (χ1) is 16.5. The number of hydrogen-bond acceptors (Lipinski definition) is 5. The third kappa shape index (κ3) is 4.92. The number of carbonyl (C=O) groups is 3. The lowest BCUT2D eigenvalue weighted by Gasteiger charge is -2.30. The van der Waals surface area contributed by atoms with Gasteiger partial charge < -0.3 is 24.8 Å². The van der Waals surface area contributed by atoms with Gasteiger partial charge in [0.15, 0.2) is 0 Å². The maximum Gasteiger partial charge on any atom is 0.407 e. The Morgan fingerprint density at radius 3 is 2.32 bits per heavy atom. The summed E-state index contributed by atoms with van der Waals surface area (Å²) in [4.78, 5) is 38.2. The summed E-state index contributed by atoms with van der Waals surface area (Å²) in [6.45, 7) is 3.01. The molecule has 4 rings (SSSR count). The average molecular weight is 467 g/mol. The summed E-state index contributed by atoms with van der Waals surface area (Å²) in [6, 6.07) is 15.7. The summed E-state index contributed by atoms with van der Waals surface area (Å²) < 4.78 is 10.8. The van der Waals surface area contributed by atoms with Gasteiger partial charge in [-0.2, -0.15) is 0 Å². The minimum Gasteiger partial charge on any atom is -0.481 e. The van der Waals surface area contributed by atoms with Crippen LogP contribution >= 0.6 is 0 Å². The van der Waals surface area contributed by atoms with Gasteiger partial charge in [-0.15, -0.1) is 0 Å². The topological polar surface area (TPSA) is 105 Å². The number of aliphatic carboxylic acids is 1. The van der Waals surface area contributed by atoms with Gasteiger partial charge >= 0.3 is 12.1 Å². The highest BCUT2D eigenvalue weighted by molar-refractivity contribution is 5.80. The molecule has 0 saturated carbocycles. The maximum atomic E-state index is 12.8. The number of benzene rings is 2. The van der Waals surface area contributed by atoms with Gasteiger partial charge in [-0.05, 0) is 28.7 Å². The van der Waals surface area contributed by atoms with Crippen LogP contribution in [0.25, 0.3) is 11.1 Å². The smallest absolute Gasteiger partial charge is 0.407 e. The van der Waals surface area contributed by atoms with E-state index in [1.165, 1.54) is 0 Å². The Bertz CT molecular complexity index is 1010. The summed E-state index contributed by atoms with van der Waals surface area (Å²) in [6.07, 6.45) is 0.186. The summed E-state index contributed by atoms with van der Waals surface area (Å²) >= 11 is 0. The van der Waals surface area contributed by atoms with Crippen LogP contribution in [0, 0.1) is 5.92 Å². The first-order valence-corrected chi connectivity index (χ1v) is 11.7. The number of carbonyl (C=O) groups excluding carboxylic acids is 2. The minimum absolute atomic E-state index is 0.0323. The van der Waals surface area contributed by atoms with Crippen molar-refractivity contribution in [3.05, 3.63) is 59.7 Å². The Kier molecular flexibility index (Phi) is 7.47. The number of hydrogen-bond donors (Lipinski definition) is 2. The fourth-order valence-corrected chi connectivity index (χ4v) is 4.87. The number of carboxylic acid groups (broad SMARTS) is 1. The van der Waals surface area contributed by atoms with E-state index >= 15 is 0 Å². The van der Waals surface area contributed by atoms with Crippen molar-refractivity contribution in [2.45, 2.75) is 31.7 Å². The van der Waals surface area contributed by atoms with E-state index in [0.717, 1.165) is 22.3 Å². The Hall–Kier alpha value is -3.39. The molecule has 2 aromatic carbocycles. The Balaban J connectivity index is 1.29. The molecular formula is C26H30N2O6. The second kappa shape index (κ2) is 10.7. The van der Waals surface area contributed by atoms with Crippen molar-refractivity contribution in [3.63, 3.8) is 0 Å². The van der Waals surface area contributed by atoms with Crippen molar-refractivity contribution in [1.29, 1.82) is 0 Å². The largest absolute Gasteiger partial charge is 0.481 e. The molecule has 180 valence electrons. The molecule has 1 saturated heterocycles. The summed E-state index contributed by atoms with van der Waals surface area (Å²) in [5, 5.41) is 12.1. The Morgan fingerprint density at radius 1 is 1.06 bits per heavy atom. The third-order valence-electron chi connectivity index (χ3n) is 6.50. The fourth-order valence-electron chi connectivity index (χ4n) is 4.87. The van der Waals surface area contributed by atoms with Crippen LogP contribution < -0.4 is 5.32 Å². The second-order valence-electron chi connectivity index (χ2n) is 8.64. The van der Waals surface area contributed by atoms with Crippen LogP contribution in [-0.4, -0.2) is 66.9 Å². The van der Waals surface area contributed by atoms with Crippen molar-refractivity contribution in [2.75, 3.05) is 32.9 Å². The number of alkyl carbamates (subject to hydrolysis) is 1. The molecule has 1 aliphatic heterocycles. The van der Waals surface area contributed by atoms with Gasteiger partial charge in [0.2, 0.25) is 5.91 Å². The van der Waals surface area contributed by atoms with Crippen molar-refractivity contribution in [1.82, 2.24) is 10.2 Å². The van der Waals surface area contributed by atoms with E-state index in [1.54, 1.807) is 4.90 Å². The molecule has 2 N–H and O–H groups in total. The zero-order valence-electron chi connectivity index (χ0n) is 19.2. The second-order valence-corrected chi connectivity index (χ2v) is 8.64. The standard InChI is InChI=1S/C26H30N2O6/c1-2-13-28(23-16-33-14-22(23)25(30)31)24(29)11-12-27-26(32)34-15-21-19-9-5-3-7-17(19)18-8-4-6-10-20(18)21/h3-10,21-23H,2,11-16H2,1H3,(H,27,32)(H,30,31). The first-order valence-electron chi connectivity index (χ1n) is 11.7. The lowest BCUT2D eigenvalue weighted by Crippen LogP contribution is -2.47. The molecule has 2 unspecified atom stereocenters. The van der Waals surface area contributed by atoms with Gasteiger partial charge in [0, 0.05) is 25.4 Å². The fraction of sp³-hybridized carbons (Fsp3) is 0.423. The van der Waals surface area contributed by atoms with E-state index in [0.29, 0.717) is 13.0 Å². The van der Waals surface area contributed by atoms with E-state index in [4.69, 9.17) is 9.47 Å². The minimum atomic E-state index is -0.965. The molecule has 34 heavy (non-hydrogen) atoms. The molecule has 2 aliphatic rings. The molecule has 0 bridgehead atoms. The molecular weight excluding hydrogens is 436 g/mol. The van der Waals surface area contributed by atoms with Gasteiger partial charge in [-0.1, -0.05) is 55.5 Å². The molecule has 1 aliphatic carbocycles. The highest BCUT2D eigenvalue weighted by atomic mass is 16.5. The highest BCUT2D eigenvalue weighted by Gasteiger charge is 2.39. The average Bonchev–Trinajstić information content (AvgIpc) is 3.44. The summed E-state index contributed by atoms with van der Waals surface area (Å²) in [5.41, 5.74) is 4.58. The summed E-state index contributed by atoms with van der Waals surface area (Å²) in [5.74, 6) is -1.93. The third-order valence-corrected chi connectivity index (χ3v) is 6.50. The quantitative estimate of drug-likeness (QED) is 0.588. The molecule has 0 aromatic heterocycles. The van der Waals surface area contributed by atoms with Crippen molar-refractivity contribution in [2.24, 2.45) is 5.92 Å². The van der Waals surface area contributed by atoms with Gasteiger partial charge in [0.05, 0.1) is 19.3 Å². The predicted molar refractivity (Wildman–Crippen MR) is 125 cm³/mol. The van der Waals surface area contributed by atoms with E-state index in [-0.39, 0.29) is 44.6 Å². The Morgan fingerprint density at radius 2 is 1.71 bits per heavy atom. The SMILES string of the molecule is CCCN(C(=O)CCNC(=O)OCC1c2ccccc2-c2ccccc21)C1COCC1C(=O)O. The van der Waals surface area contributed by atoms with Crippen LogP contribution in [0.2, 0.25) is 0 Å². The van der Waals surface area contributed by atoms with E-state index in [1.807, 2.05) is 31.2 Å². The predicted octanol–water partition coefficient (Wildman–Crippen LogP) is 3.25. The molecule has 8 heteroatoms. The number of fused-ring (bicyclic) bond motifs is 3. The van der Waals surface area contributed by atoms with Crippen molar-refractivity contribution < 1.29 is 29.0 Å². The number of amides is 2. The molecule has 8 nitrogen and oxygen atoms in total. The Labute approximate surface area is 198 Å². The number of carboxylic acids is 1. The molecule has 2 amide bonds. The lowest BCUT2D eigenvalue weighted by atomic mass is 9.98. The maximum absolute atomic E-state index is 12.8. The van der Waals surface area contributed by atoms with Gasteiger partial charge in [0.1, 0.15) is 12.5 Å². The van der Waals surface area contributed by atoms with Crippen LogP contribution in [0.3, 0.4) is 0 Å². The first kappa shape index (κ1) is 23.8. The summed E-state index contributed by atoms with van der Waals surface area (Å²) in [7, 11) is 0. The lowest BCUT2D eigenvalue weighted by molar-refractivity contribution is -0.145. The van der Waals surface area contributed by atoms with Crippen molar-refractivity contribution in [3.8, 4) is 11.1 Å². The number of nitrogens with one attached hydrogen (secondary N) is 1. The van der Waals surface area contributed by atoms with Gasteiger partial charge in [-0.25, -0.2) is 4.79 Å². The molecule has 0 radical (unpaired) electrons. The molecule has 1 heterocycles. The molecule has 2 aromatic rings. The molecule has 1 fully saturated rings. The van der Waals surface area contributed by atoms with Gasteiger partial charge in [-0.3, -0.25) is 9.59 Å². The number of rotatable bonds is 9. The van der Waals surface area contributed by atoms with Gasteiger partial charge in [0.25, 0.3) is 0 Å². The zero-order chi connectivity index (χ0) is 24.1. The monoisotopic (exact) mass is 466 g/mol. The molecule has 2 atom stereocenters. The van der Waals surface area contributed by atoms with E-state index < -0.39 is 24.0 Å². The van der Waals surface area contributed by atoms with E-state index in [2.05, 4.69) is 29.6 Å². The van der Waals surface area contributed by atoms with Crippen molar-refractivity contribution >= 4 is 18.0 Å².